The average molecular weight is 715 g/mol. The van der Waals surface area contributed by atoms with Gasteiger partial charge in [0.15, 0.2) is 0 Å². The van der Waals surface area contributed by atoms with E-state index in [1.807, 2.05) is 0 Å². The first-order chi connectivity index (χ1) is 27.8. The summed E-state index contributed by atoms with van der Waals surface area (Å²) in [6.07, 6.45) is 0. The fourth-order valence-electron chi connectivity index (χ4n) is 8.16. The van der Waals surface area contributed by atoms with Gasteiger partial charge in [-0.2, -0.15) is 0 Å². The molecule has 0 N–H and O–H groups in total. The molecule has 264 valence electrons. The molecule has 0 amide bonds. The standard InChI is InChI=1S/C54H38N2/c1-5-17-39(18-6-1)40-29-31-43(32-30-40)48-25-13-15-27-52(48)55(45-33-35-47(41-19-7-2-8-20-41)51(37-45)42-21-9-3-10-22-42)46-34-36-50-49-26-14-16-28-53(49)56(54(50)38-46)44-23-11-4-12-24-44/h1-38H. The second kappa shape index (κ2) is 14.4. The maximum absolute atomic E-state index is 2.44. The number of hydrogen-bond acceptors (Lipinski definition) is 1. The van der Waals surface area contributed by atoms with E-state index < -0.39 is 0 Å². The van der Waals surface area contributed by atoms with Gasteiger partial charge in [-0.15, -0.1) is 0 Å². The SMILES string of the molecule is c1ccc(-c2ccc(-c3ccccc3N(c3ccc(-c4ccccc4)c(-c4ccccc4)c3)c3ccc4c5ccccc5n(-c5ccccc5)c4c3)cc2)cc1. The van der Waals surface area contributed by atoms with E-state index in [1.165, 1.54) is 49.7 Å². The van der Waals surface area contributed by atoms with E-state index in [0.29, 0.717) is 0 Å². The summed E-state index contributed by atoms with van der Waals surface area (Å²) < 4.78 is 2.40. The predicted octanol–water partition coefficient (Wildman–Crippen LogP) is 14.9. The molecule has 0 radical (unpaired) electrons. The monoisotopic (exact) mass is 714 g/mol. The van der Waals surface area contributed by atoms with Crippen LogP contribution in [0.15, 0.2) is 231 Å². The van der Waals surface area contributed by atoms with Crippen molar-refractivity contribution in [3.8, 4) is 50.2 Å². The minimum Gasteiger partial charge on any atom is -0.310 e. The molecule has 0 aliphatic heterocycles. The van der Waals surface area contributed by atoms with Gasteiger partial charge in [0, 0.05) is 33.4 Å². The number of rotatable bonds is 8. The van der Waals surface area contributed by atoms with Crippen molar-refractivity contribution >= 4 is 38.9 Å². The van der Waals surface area contributed by atoms with E-state index in [9.17, 15) is 0 Å². The zero-order valence-electron chi connectivity index (χ0n) is 30.8. The molecule has 0 aliphatic carbocycles. The van der Waals surface area contributed by atoms with Crippen LogP contribution in [0.2, 0.25) is 0 Å². The molecule has 0 unspecified atom stereocenters. The van der Waals surface area contributed by atoms with Crippen LogP contribution in [0.1, 0.15) is 0 Å². The molecular formula is C54H38N2. The first-order valence-corrected chi connectivity index (χ1v) is 19.2. The van der Waals surface area contributed by atoms with Crippen LogP contribution in [-0.2, 0) is 0 Å². The highest BCUT2D eigenvalue weighted by atomic mass is 15.1. The second-order valence-corrected chi connectivity index (χ2v) is 14.1. The molecule has 0 saturated heterocycles. The van der Waals surface area contributed by atoms with Crippen molar-refractivity contribution in [3.05, 3.63) is 231 Å². The summed E-state index contributed by atoms with van der Waals surface area (Å²) in [5.74, 6) is 0. The number of para-hydroxylation sites is 3. The minimum atomic E-state index is 1.08. The van der Waals surface area contributed by atoms with Crippen LogP contribution in [-0.4, -0.2) is 4.57 Å². The number of benzene rings is 9. The fraction of sp³-hybridized carbons (Fsp3) is 0. The lowest BCUT2D eigenvalue weighted by molar-refractivity contribution is 1.18. The highest BCUT2D eigenvalue weighted by Gasteiger charge is 2.21. The van der Waals surface area contributed by atoms with Crippen LogP contribution >= 0.6 is 0 Å². The van der Waals surface area contributed by atoms with Gasteiger partial charge in [0.1, 0.15) is 0 Å². The van der Waals surface area contributed by atoms with Gasteiger partial charge < -0.3 is 9.47 Å². The highest BCUT2D eigenvalue weighted by Crippen LogP contribution is 2.45. The minimum absolute atomic E-state index is 1.08. The molecule has 1 aromatic heterocycles. The zero-order valence-corrected chi connectivity index (χ0v) is 30.8. The van der Waals surface area contributed by atoms with Gasteiger partial charge in [-0.3, -0.25) is 0 Å². The molecule has 0 bridgehead atoms. The molecule has 0 aliphatic rings. The summed E-state index contributed by atoms with van der Waals surface area (Å²) >= 11 is 0. The molecular weight excluding hydrogens is 677 g/mol. The van der Waals surface area contributed by atoms with Crippen molar-refractivity contribution in [1.29, 1.82) is 0 Å². The van der Waals surface area contributed by atoms with Crippen LogP contribution in [0.4, 0.5) is 17.1 Å². The van der Waals surface area contributed by atoms with Crippen LogP contribution < -0.4 is 4.90 Å². The fourth-order valence-corrected chi connectivity index (χ4v) is 8.16. The lowest BCUT2D eigenvalue weighted by atomic mass is 9.93. The van der Waals surface area contributed by atoms with Crippen molar-refractivity contribution in [2.24, 2.45) is 0 Å². The van der Waals surface area contributed by atoms with Crippen molar-refractivity contribution < 1.29 is 0 Å². The van der Waals surface area contributed by atoms with Gasteiger partial charge in [0.05, 0.1) is 16.7 Å². The molecule has 0 fully saturated rings. The summed E-state index contributed by atoms with van der Waals surface area (Å²) in [5, 5.41) is 2.46. The quantitative estimate of drug-likeness (QED) is 0.152. The summed E-state index contributed by atoms with van der Waals surface area (Å²) in [5.41, 5.74) is 16.2. The van der Waals surface area contributed by atoms with Crippen LogP contribution in [0.25, 0.3) is 72.0 Å². The Kier molecular flexibility index (Phi) is 8.55. The van der Waals surface area contributed by atoms with E-state index in [4.69, 9.17) is 0 Å². The number of aromatic nitrogens is 1. The van der Waals surface area contributed by atoms with Gasteiger partial charge in [0.2, 0.25) is 0 Å². The molecule has 10 rings (SSSR count). The number of hydrogen-bond donors (Lipinski definition) is 0. The summed E-state index contributed by atoms with van der Waals surface area (Å²) in [7, 11) is 0. The molecule has 2 nitrogen and oxygen atoms in total. The van der Waals surface area contributed by atoms with E-state index >= 15 is 0 Å². The van der Waals surface area contributed by atoms with Crippen molar-refractivity contribution in [3.63, 3.8) is 0 Å². The summed E-state index contributed by atoms with van der Waals surface area (Å²) in [4.78, 5) is 2.44. The predicted molar refractivity (Wildman–Crippen MR) is 237 cm³/mol. The third kappa shape index (κ3) is 6.04. The van der Waals surface area contributed by atoms with Gasteiger partial charge >= 0.3 is 0 Å². The van der Waals surface area contributed by atoms with Gasteiger partial charge in [-0.05, 0) is 87.5 Å². The molecule has 2 heteroatoms. The topological polar surface area (TPSA) is 8.17 Å². The second-order valence-electron chi connectivity index (χ2n) is 14.1. The normalized spacial score (nSPS) is 11.2. The number of anilines is 3. The first-order valence-electron chi connectivity index (χ1n) is 19.2. The lowest BCUT2D eigenvalue weighted by Gasteiger charge is -2.29. The Hall–Kier alpha value is -7.42. The molecule has 0 spiro atoms. The van der Waals surface area contributed by atoms with E-state index in [1.54, 1.807) is 0 Å². The van der Waals surface area contributed by atoms with E-state index in [-0.39, 0.29) is 0 Å². The molecule has 0 saturated carbocycles. The van der Waals surface area contributed by atoms with Crippen LogP contribution in [0.5, 0.6) is 0 Å². The average Bonchev–Trinajstić information content (AvgIpc) is 3.61. The van der Waals surface area contributed by atoms with Crippen LogP contribution in [0.3, 0.4) is 0 Å². The Labute approximate surface area is 327 Å². The summed E-state index contributed by atoms with van der Waals surface area (Å²) in [6, 6.07) is 83.1. The van der Waals surface area contributed by atoms with Crippen molar-refractivity contribution in [2.75, 3.05) is 4.90 Å². The van der Waals surface area contributed by atoms with Gasteiger partial charge in [-0.1, -0.05) is 182 Å². The van der Waals surface area contributed by atoms with Crippen molar-refractivity contribution in [2.45, 2.75) is 0 Å². The molecule has 10 aromatic rings. The molecule has 56 heavy (non-hydrogen) atoms. The maximum Gasteiger partial charge on any atom is 0.0561 e. The molecule has 1 heterocycles. The summed E-state index contributed by atoms with van der Waals surface area (Å²) in [6.45, 7) is 0. The Morgan fingerprint density at radius 1 is 0.286 bits per heavy atom. The maximum atomic E-state index is 2.44. The van der Waals surface area contributed by atoms with E-state index in [0.717, 1.165) is 39.4 Å². The Morgan fingerprint density at radius 2 is 0.768 bits per heavy atom. The smallest absolute Gasteiger partial charge is 0.0561 e. The largest absolute Gasteiger partial charge is 0.310 e. The Balaban J connectivity index is 1.22. The van der Waals surface area contributed by atoms with Crippen LogP contribution in [0, 0.1) is 0 Å². The molecule has 0 atom stereocenters. The van der Waals surface area contributed by atoms with Gasteiger partial charge in [-0.25, -0.2) is 0 Å². The zero-order chi connectivity index (χ0) is 37.3. The van der Waals surface area contributed by atoms with Crippen molar-refractivity contribution in [1.82, 2.24) is 4.57 Å². The first kappa shape index (κ1) is 33.2. The molecule has 9 aromatic carbocycles. The highest BCUT2D eigenvalue weighted by molar-refractivity contribution is 6.10. The Morgan fingerprint density at radius 3 is 1.48 bits per heavy atom. The van der Waals surface area contributed by atoms with Gasteiger partial charge in [0.25, 0.3) is 0 Å². The Bertz CT molecular complexity index is 2930. The number of nitrogens with zero attached hydrogens (tertiary/aromatic N) is 2. The lowest BCUT2D eigenvalue weighted by Crippen LogP contribution is -2.12. The van der Waals surface area contributed by atoms with E-state index in [2.05, 4.69) is 240 Å². The third-order valence-electron chi connectivity index (χ3n) is 10.8. The third-order valence-corrected chi connectivity index (χ3v) is 10.8. The number of fused-ring (bicyclic) bond motifs is 3.